The monoisotopic (exact) mass is 370 g/mol. The summed E-state index contributed by atoms with van der Waals surface area (Å²) >= 11 is 15.7. The minimum atomic E-state index is 0.296. The first-order valence-electron chi connectivity index (χ1n) is 7.92. The Morgan fingerprint density at radius 2 is 2.00 bits per heavy atom. The summed E-state index contributed by atoms with van der Waals surface area (Å²) in [6.45, 7) is 6.62. The Morgan fingerprint density at radius 1 is 1.27 bits per heavy atom. The van der Waals surface area contributed by atoms with Crippen molar-refractivity contribution in [1.29, 1.82) is 0 Å². The molecule has 0 saturated carbocycles. The predicted molar refractivity (Wildman–Crippen MR) is 109 cm³/mol. The van der Waals surface area contributed by atoms with Gasteiger partial charge < -0.3 is 0 Å². The van der Waals surface area contributed by atoms with Gasteiger partial charge >= 0.3 is 0 Å². The molecule has 22 heavy (non-hydrogen) atoms. The van der Waals surface area contributed by atoms with E-state index in [1.807, 2.05) is 23.1 Å². The zero-order valence-corrected chi connectivity index (χ0v) is 16.6. The number of benzene rings is 1. The van der Waals surface area contributed by atoms with E-state index in [0.29, 0.717) is 10.6 Å². The lowest BCUT2D eigenvalue weighted by Crippen LogP contribution is -2.06. The summed E-state index contributed by atoms with van der Waals surface area (Å²) in [4.78, 5) is 1.41. The van der Waals surface area contributed by atoms with Gasteiger partial charge in [0.05, 0.1) is 4.20 Å². The lowest BCUT2D eigenvalue weighted by Gasteiger charge is -2.14. The number of thioether (sulfide) groups is 1. The molecule has 2 unspecified atom stereocenters. The zero-order valence-electron chi connectivity index (χ0n) is 13.4. The molecule has 0 nitrogen and oxygen atoms in total. The molecule has 0 spiro atoms. The number of fused-ring (bicyclic) bond motifs is 1. The van der Waals surface area contributed by atoms with Crippen molar-refractivity contribution in [2.45, 2.75) is 57.1 Å². The van der Waals surface area contributed by atoms with E-state index in [1.54, 1.807) is 0 Å². The van der Waals surface area contributed by atoms with Crippen molar-refractivity contribution in [2.75, 3.05) is 0 Å². The molecule has 0 N–H and O–H groups in total. The van der Waals surface area contributed by atoms with Gasteiger partial charge in [0, 0.05) is 31.2 Å². The van der Waals surface area contributed by atoms with E-state index in [0.717, 1.165) is 29.9 Å². The van der Waals surface area contributed by atoms with Crippen molar-refractivity contribution in [1.82, 2.24) is 0 Å². The van der Waals surface area contributed by atoms with Gasteiger partial charge in [0.25, 0.3) is 0 Å². The average Bonchev–Trinajstić information content (AvgIpc) is 2.91. The molecule has 0 saturated heterocycles. The molecule has 2 rings (SSSR count). The van der Waals surface area contributed by atoms with Gasteiger partial charge in [-0.2, -0.15) is 0 Å². The maximum atomic E-state index is 6.23. The smallest absolute Gasteiger partial charge is 0.0798 e. The van der Waals surface area contributed by atoms with Crippen LogP contribution in [0.3, 0.4) is 0 Å². The summed E-state index contributed by atoms with van der Waals surface area (Å²) in [6.07, 6.45) is 4.28. The summed E-state index contributed by atoms with van der Waals surface area (Å²) in [5.41, 5.74) is 1.30. The SMILES string of the molecule is CCc1sc2ccccc2c1C(=S)SC(C)CCC(Cl)CC. The van der Waals surface area contributed by atoms with Gasteiger partial charge in [0.1, 0.15) is 0 Å². The fraction of sp³-hybridized carbons (Fsp3) is 0.500. The molecular formula is C18H23ClS3. The highest BCUT2D eigenvalue weighted by Crippen LogP contribution is 2.36. The number of halogens is 1. The van der Waals surface area contributed by atoms with Crippen LogP contribution in [0.2, 0.25) is 0 Å². The number of hydrogen-bond donors (Lipinski definition) is 0. The Hall–Kier alpha value is -0.0900. The molecule has 1 aromatic carbocycles. The van der Waals surface area contributed by atoms with Crippen LogP contribution >= 0.6 is 46.9 Å². The minimum Gasteiger partial charge on any atom is -0.140 e. The van der Waals surface area contributed by atoms with Crippen molar-refractivity contribution in [3.8, 4) is 0 Å². The van der Waals surface area contributed by atoms with Crippen molar-refractivity contribution >= 4 is 61.2 Å². The van der Waals surface area contributed by atoms with Crippen molar-refractivity contribution in [3.05, 3.63) is 34.7 Å². The average molecular weight is 371 g/mol. The lowest BCUT2D eigenvalue weighted by atomic mass is 10.1. The molecule has 0 aliphatic carbocycles. The third-order valence-corrected chi connectivity index (χ3v) is 7.22. The van der Waals surface area contributed by atoms with Crippen LogP contribution in [-0.2, 0) is 6.42 Å². The van der Waals surface area contributed by atoms with Crippen molar-refractivity contribution in [2.24, 2.45) is 0 Å². The van der Waals surface area contributed by atoms with Gasteiger partial charge in [-0.25, -0.2) is 0 Å². The number of alkyl halides is 1. The molecule has 2 aromatic rings. The van der Waals surface area contributed by atoms with Crippen molar-refractivity contribution in [3.63, 3.8) is 0 Å². The molecule has 0 bridgehead atoms. The van der Waals surface area contributed by atoms with Gasteiger partial charge in [-0.1, -0.05) is 51.2 Å². The van der Waals surface area contributed by atoms with Crippen LogP contribution in [-0.4, -0.2) is 14.8 Å². The Kier molecular flexibility index (Phi) is 7.20. The molecule has 0 amide bonds. The van der Waals surface area contributed by atoms with Crippen LogP contribution in [0.25, 0.3) is 10.1 Å². The first kappa shape index (κ1) is 18.3. The quantitative estimate of drug-likeness (QED) is 0.378. The fourth-order valence-corrected chi connectivity index (χ4v) is 5.59. The number of thiophene rings is 1. The van der Waals surface area contributed by atoms with Crippen LogP contribution < -0.4 is 0 Å². The Bertz CT molecular complexity index is 632. The number of aryl methyl sites for hydroxylation is 1. The number of rotatable bonds is 7. The van der Waals surface area contributed by atoms with Gasteiger partial charge in [0.15, 0.2) is 0 Å². The summed E-state index contributed by atoms with van der Waals surface area (Å²) in [6, 6.07) is 8.60. The summed E-state index contributed by atoms with van der Waals surface area (Å²) in [5, 5.41) is 2.13. The van der Waals surface area contributed by atoms with E-state index in [4.69, 9.17) is 23.8 Å². The molecule has 1 aromatic heterocycles. The van der Waals surface area contributed by atoms with Crippen LogP contribution in [0.1, 0.15) is 50.5 Å². The van der Waals surface area contributed by atoms with E-state index in [2.05, 4.69) is 45.0 Å². The van der Waals surface area contributed by atoms with Crippen LogP contribution in [0.4, 0.5) is 0 Å². The van der Waals surface area contributed by atoms with E-state index in [9.17, 15) is 0 Å². The maximum absolute atomic E-state index is 6.23. The summed E-state index contributed by atoms with van der Waals surface area (Å²) in [5.74, 6) is 0. The highest BCUT2D eigenvalue weighted by Gasteiger charge is 2.17. The van der Waals surface area contributed by atoms with Crippen LogP contribution in [0.5, 0.6) is 0 Å². The molecule has 120 valence electrons. The van der Waals surface area contributed by atoms with Gasteiger partial charge in [-0.15, -0.1) is 34.7 Å². The topological polar surface area (TPSA) is 0 Å². The Morgan fingerprint density at radius 3 is 2.68 bits per heavy atom. The van der Waals surface area contributed by atoms with E-state index < -0.39 is 0 Å². The highest BCUT2D eigenvalue weighted by molar-refractivity contribution is 8.24. The third-order valence-electron chi connectivity index (χ3n) is 3.83. The second-order valence-electron chi connectivity index (χ2n) is 5.55. The molecule has 0 fully saturated rings. The van der Waals surface area contributed by atoms with Crippen LogP contribution in [0.15, 0.2) is 24.3 Å². The van der Waals surface area contributed by atoms with Crippen LogP contribution in [0, 0.1) is 0 Å². The number of hydrogen-bond acceptors (Lipinski definition) is 3. The molecule has 0 aliphatic heterocycles. The summed E-state index contributed by atoms with van der Waals surface area (Å²) < 4.78 is 2.39. The predicted octanol–water partition coefficient (Wildman–Crippen LogP) is 7.06. The molecule has 1 heterocycles. The molecule has 2 atom stereocenters. The molecule has 4 heteroatoms. The van der Waals surface area contributed by atoms with E-state index in [-0.39, 0.29) is 0 Å². The van der Waals surface area contributed by atoms with Crippen molar-refractivity contribution < 1.29 is 0 Å². The molecule has 0 aliphatic rings. The van der Waals surface area contributed by atoms with E-state index in [1.165, 1.54) is 20.5 Å². The normalized spacial score (nSPS) is 14.2. The Balaban J connectivity index is 2.12. The standard InChI is InChI=1S/C18H23ClS3/c1-4-13(19)11-10-12(3)21-18(20)17-14-8-6-7-9-16(14)22-15(17)5-2/h6-9,12-13H,4-5,10-11H2,1-3H3. The first-order valence-corrected chi connectivity index (χ1v) is 10.5. The first-order chi connectivity index (χ1) is 10.6. The largest absolute Gasteiger partial charge is 0.140 e. The molecule has 0 radical (unpaired) electrons. The van der Waals surface area contributed by atoms with Gasteiger partial charge in [0.2, 0.25) is 0 Å². The summed E-state index contributed by atoms with van der Waals surface area (Å²) in [7, 11) is 0. The zero-order chi connectivity index (χ0) is 16.1. The minimum absolute atomic E-state index is 0.296. The van der Waals surface area contributed by atoms with Gasteiger partial charge in [-0.3, -0.25) is 0 Å². The highest BCUT2D eigenvalue weighted by atomic mass is 35.5. The number of thiocarbonyl (C=S) groups is 1. The lowest BCUT2D eigenvalue weighted by molar-refractivity contribution is 0.673. The second-order valence-corrected chi connectivity index (χ2v) is 9.42. The maximum Gasteiger partial charge on any atom is 0.0798 e. The Labute approximate surface area is 152 Å². The molecular weight excluding hydrogens is 348 g/mol. The third kappa shape index (κ3) is 4.47. The fourth-order valence-electron chi connectivity index (χ4n) is 2.49. The van der Waals surface area contributed by atoms with Gasteiger partial charge in [-0.05, 0) is 31.7 Å². The van der Waals surface area contributed by atoms with E-state index >= 15 is 0 Å². The second kappa shape index (κ2) is 8.68.